The highest BCUT2D eigenvalue weighted by Gasteiger charge is 2.31. The summed E-state index contributed by atoms with van der Waals surface area (Å²) in [6.07, 6.45) is 0.762. The van der Waals surface area contributed by atoms with Gasteiger partial charge in [0, 0.05) is 22.3 Å². The van der Waals surface area contributed by atoms with Crippen molar-refractivity contribution in [3.8, 4) is 6.07 Å². The van der Waals surface area contributed by atoms with E-state index in [2.05, 4.69) is 5.32 Å². The number of benzene rings is 3. The normalized spacial score (nSPS) is 14.1. The van der Waals surface area contributed by atoms with E-state index in [-0.39, 0.29) is 30.2 Å². The summed E-state index contributed by atoms with van der Waals surface area (Å²) in [6, 6.07) is 23.2. The van der Waals surface area contributed by atoms with Crippen LogP contribution >= 0.6 is 11.8 Å². The molecular formula is C27H23N3O4S. The Bertz CT molecular complexity index is 1320. The maximum Gasteiger partial charge on any atom is 0.339 e. The molecule has 1 atom stereocenters. The third-order valence-electron chi connectivity index (χ3n) is 5.54. The van der Waals surface area contributed by atoms with Gasteiger partial charge in [-0.25, -0.2) is 4.79 Å². The molecule has 0 saturated heterocycles. The average Bonchev–Trinajstić information content (AvgIpc) is 3.21. The minimum absolute atomic E-state index is 0.00573. The lowest BCUT2D eigenvalue weighted by atomic mass is 10.1. The highest BCUT2D eigenvalue weighted by atomic mass is 32.2. The Balaban J connectivity index is 1.35. The molecule has 2 amide bonds. The fraction of sp³-hybridized carbons (Fsp3) is 0.185. The monoisotopic (exact) mass is 485 g/mol. The van der Waals surface area contributed by atoms with Gasteiger partial charge in [-0.3, -0.25) is 9.59 Å². The molecule has 1 heterocycles. The maximum atomic E-state index is 12.8. The quantitative estimate of drug-likeness (QED) is 0.393. The van der Waals surface area contributed by atoms with Gasteiger partial charge in [0.05, 0.1) is 22.9 Å². The van der Waals surface area contributed by atoms with Gasteiger partial charge in [-0.05, 0) is 55.3 Å². The smallest absolute Gasteiger partial charge is 0.339 e. The molecule has 35 heavy (non-hydrogen) atoms. The lowest BCUT2D eigenvalue weighted by Crippen LogP contribution is -2.38. The lowest BCUT2D eigenvalue weighted by molar-refractivity contribution is -0.122. The fourth-order valence-corrected chi connectivity index (χ4v) is 4.83. The molecule has 0 radical (unpaired) electrons. The van der Waals surface area contributed by atoms with Crippen molar-refractivity contribution in [3.63, 3.8) is 0 Å². The molecule has 0 saturated carbocycles. The first kappa shape index (κ1) is 24.0. The van der Waals surface area contributed by atoms with Gasteiger partial charge in [0.1, 0.15) is 0 Å². The Morgan fingerprint density at radius 1 is 1.09 bits per heavy atom. The number of carbonyl (C=O) groups is 3. The highest BCUT2D eigenvalue weighted by molar-refractivity contribution is 8.00. The van der Waals surface area contributed by atoms with Crippen molar-refractivity contribution in [3.05, 3.63) is 89.5 Å². The number of nitrogens with zero attached hydrogens (tertiary/aromatic N) is 2. The summed E-state index contributed by atoms with van der Waals surface area (Å²) in [6.45, 7) is 1.60. The molecule has 176 valence electrons. The Morgan fingerprint density at radius 3 is 2.69 bits per heavy atom. The molecule has 1 unspecified atom stereocenters. The van der Waals surface area contributed by atoms with E-state index in [4.69, 9.17) is 10.00 Å². The topological polar surface area (TPSA) is 99.5 Å². The van der Waals surface area contributed by atoms with Gasteiger partial charge in [-0.15, -0.1) is 11.8 Å². The van der Waals surface area contributed by atoms with Gasteiger partial charge in [0.15, 0.2) is 6.61 Å². The Kier molecular flexibility index (Phi) is 7.48. The Labute approximate surface area is 207 Å². The van der Waals surface area contributed by atoms with Crippen molar-refractivity contribution in [1.29, 1.82) is 5.26 Å². The molecule has 1 aliphatic rings. The van der Waals surface area contributed by atoms with E-state index in [1.54, 1.807) is 53.4 Å². The van der Waals surface area contributed by atoms with Gasteiger partial charge >= 0.3 is 5.97 Å². The van der Waals surface area contributed by atoms with Crippen LogP contribution in [0.2, 0.25) is 0 Å². The van der Waals surface area contributed by atoms with Crippen molar-refractivity contribution >= 4 is 40.9 Å². The largest absolute Gasteiger partial charge is 0.452 e. The Hall–Kier alpha value is -4.09. The SMILES string of the molecule is CC1Cc2ccccc2N1C(=O)COC(=O)c1ccccc1SCC(=O)Nc1cccc(C#N)c1. The number of amides is 2. The van der Waals surface area contributed by atoms with Gasteiger partial charge in [-0.2, -0.15) is 5.26 Å². The van der Waals surface area contributed by atoms with Gasteiger partial charge < -0.3 is 15.0 Å². The van der Waals surface area contributed by atoms with Crippen LogP contribution in [-0.4, -0.2) is 36.2 Å². The van der Waals surface area contributed by atoms with Crippen LogP contribution in [-0.2, 0) is 20.7 Å². The summed E-state index contributed by atoms with van der Waals surface area (Å²) in [4.78, 5) is 40.3. The van der Waals surface area contributed by atoms with Crippen molar-refractivity contribution in [1.82, 2.24) is 0 Å². The first-order valence-corrected chi connectivity index (χ1v) is 12.0. The van der Waals surface area contributed by atoms with Crippen molar-refractivity contribution in [2.45, 2.75) is 24.3 Å². The molecule has 0 bridgehead atoms. The molecule has 3 aromatic rings. The van der Waals surface area contributed by atoms with Crippen LogP contribution in [0.3, 0.4) is 0 Å². The number of ether oxygens (including phenoxy) is 1. The summed E-state index contributed by atoms with van der Waals surface area (Å²) in [7, 11) is 0. The summed E-state index contributed by atoms with van der Waals surface area (Å²) in [5, 5.41) is 11.7. The number of esters is 1. The van der Waals surface area contributed by atoms with E-state index in [1.165, 1.54) is 11.8 Å². The number of rotatable bonds is 7. The second-order valence-corrected chi connectivity index (χ2v) is 9.06. The van der Waals surface area contributed by atoms with Crippen LogP contribution in [0.25, 0.3) is 0 Å². The summed E-state index contributed by atoms with van der Waals surface area (Å²) < 4.78 is 5.36. The molecule has 4 rings (SSSR count). The van der Waals surface area contributed by atoms with Crippen LogP contribution in [0.1, 0.15) is 28.4 Å². The molecule has 0 spiro atoms. The third-order valence-corrected chi connectivity index (χ3v) is 6.62. The zero-order chi connectivity index (χ0) is 24.8. The van der Waals surface area contributed by atoms with E-state index in [0.29, 0.717) is 21.7 Å². The molecular weight excluding hydrogens is 462 g/mol. The summed E-state index contributed by atoms with van der Waals surface area (Å²) in [5.74, 6) is -1.11. The number of hydrogen-bond acceptors (Lipinski definition) is 6. The number of nitriles is 1. The minimum Gasteiger partial charge on any atom is -0.452 e. The van der Waals surface area contributed by atoms with Crippen LogP contribution in [0.4, 0.5) is 11.4 Å². The second kappa shape index (κ2) is 10.9. The second-order valence-electron chi connectivity index (χ2n) is 8.05. The van der Waals surface area contributed by atoms with Crippen molar-refractivity contribution in [2.24, 2.45) is 0 Å². The van der Waals surface area contributed by atoms with Gasteiger partial charge in [-0.1, -0.05) is 36.4 Å². The Morgan fingerprint density at radius 2 is 1.86 bits per heavy atom. The first-order valence-electron chi connectivity index (χ1n) is 11.0. The number of carbonyl (C=O) groups excluding carboxylic acids is 3. The molecule has 3 aromatic carbocycles. The van der Waals surface area contributed by atoms with Crippen molar-refractivity contribution < 1.29 is 19.1 Å². The molecule has 1 N–H and O–H groups in total. The van der Waals surface area contributed by atoms with E-state index in [9.17, 15) is 14.4 Å². The van der Waals surface area contributed by atoms with E-state index < -0.39 is 5.97 Å². The summed E-state index contributed by atoms with van der Waals surface area (Å²) in [5.41, 5.74) is 3.21. The average molecular weight is 486 g/mol. The van der Waals surface area contributed by atoms with E-state index >= 15 is 0 Å². The molecule has 0 aromatic heterocycles. The van der Waals surface area contributed by atoms with E-state index in [1.807, 2.05) is 37.3 Å². The van der Waals surface area contributed by atoms with Gasteiger partial charge in [0.25, 0.3) is 5.91 Å². The molecule has 7 nitrogen and oxygen atoms in total. The maximum absolute atomic E-state index is 12.8. The molecule has 1 aliphatic heterocycles. The molecule has 0 fully saturated rings. The number of fused-ring (bicyclic) bond motifs is 1. The first-order chi connectivity index (χ1) is 17.0. The van der Waals surface area contributed by atoms with Crippen LogP contribution < -0.4 is 10.2 Å². The van der Waals surface area contributed by atoms with E-state index in [0.717, 1.165) is 17.7 Å². The molecule has 0 aliphatic carbocycles. The number of thioether (sulfide) groups is 1. The number of anilines is 2. The van der Waals surface area contributed by atoms with Crippen molar-refractivity contribution in [2.75, 3.05) is 22.6 Å². The predicted molar refractivity (Wildman–Crippen MR) is 134 cm³/mol. The van der Waals surface area contributed by atoms with Crippen LogP contribution in [0.5, 0.6) is 0 Å². The number of nitrogens with one attached hydrogen (secondary N) is 1. The zero-order valence-corrected chi connectivity index (χ0v) is 19.9. The fourth-order valence-electron chi connectivity index (χ4n) is 3.99. The standard InChI is InChI=1S/C27H23N3O4S/c1-18-13-20-8-2-4-11-23(20)30(18)26(32)16-34-27(33)22-10-3-5-12-24(22)35-17-25(31)29-21-9-6-7-19(14-21)15-28/h2-12,14,18H,13,16-17H2,1H3,(H,29,31). The van der Waals surface area contributed by atoms with Crippen LogP contribution in [0.15, 0.2) is 77.7 Å². The zero-order valence-electron chi connectivity index (χ0n) is 19.1. The minimum atomic E-state index is -0.622. The third kappa shape index (κ3) is 5.70. The molecule has 8 heteroatoms. The summed E-state index contributed by atoms with van der Waals surface area (Å²) >= 11 is 1.19. The highest BCUT2D eigenvalue weighted by Crippen LogP contribution is 2.32. The van der Waals surface area contributed by atoms with Crippen LogP contribution in [0, 0.1) is 11.3 Å². The number of para-hydroxylation sites is 1. The lowest BCUT2D eigenvalue weighted by Gasteiger charge is -2.22. The number of hydrogen-bond donors (Lipinski definition) is 1. The van der Waals surface area contributed by atoms with Gasteiger partial charge in [0.2, 0.25) is 5.91 Å². The predicted octanol–water partition coefficient (Wildman–Crippen LogP) is 4.42.